The third kappa shape index (κ3) is 4.32. The molecule has 4 aromatic rings. The van der Waals surface area contributed by atoms with Crippen LogP contribution in [0.5, 0.6) is 0 Å². The Morgan fingerprint density at radius 3 is 2.44 bits per heavy atom. The van der Waals surface area contributed by atoms with E-state index in [1.807, 2.05) is 35.9 Å². The average Bonchev–Trinajstić information content (AvgIpc) is 3.54. The minimum atomic E-state index is -0.442. The van der Waals surface area contributed by atoms with Gasteiger partial charge in [0.1, 0.15) is 6.54 Å². The summed E-state index contributed by atoms with van der Waals surface area (Å²) in [4.78, 5) is 50.3. The minimum absolute atomic E-state index is 0. The fourth-order valence-corrected chi connectivity index (χ4v) is 5.04. The summed E-state index contributed by atoms with van der Waals surface area (Å²) in [5.41, 5.74) is 2.54. The van der Waals surface area contributed by atoms with Gasteiger partial charge in [0.25, 0.3) is 11.8 Å². The zero-order valence-corrected chi connectivity index (χ0v) is 20.0. The molecule has 5 rings (SSSR count). The lowest BCUT2D eigenvalue weighted by atomic mass is 10.1. The maximum atomic E-state index is 13.4. The number of anilines is 1. The summed E-state index contributed by atoms with van der Waals surface area (Å²) < 4.78 is 2.92. The van der Waals surface area contributed by atoms with E-state index in [1.54, 1.807) is 41.7 Å². The number of aromatic nitrogens is 3. The number of nitrogens with zero attached hydrogens (tertiary/aromatic N) is 5. The molecule has 0 saturated carbocycles. The van der Waals surface area contributed by atoms with Gasteiger partial charge < -0.3 is 4.57 Å². The lowest BCUT2D eigenvalue weighted by Gasteiger charge is -2.22. The number of hydrogen-bond acceptors (Lipinski definition) is 6. The Bertz CT molecular complexity index is 1330. The number of amides is 3. The van der Waals surface area contributed by atoms with E-state index in [9.17, 15) is 14.4 Å². The van der Waals surface area contributed by atoms with Gasteiger partial charge in [0.15, 0.2) is 5.13 Å². The summed E-state index contributed by atoms with van der Waals surface area (Å²) in [7, 11) is 0. The smallest absolute Gasteiger partial charge is 0.262 e. The van der Waals surface area contributed by atoms with Gasteiger partial charge in [-0.05, 0) is 37.1 Å². The van der Waals surface area contributed by atoms with Gasteiger partial charge >= 0.3 is 0 Å². The highest BCUT2D eigenvalue weighted by atomic mass is 35.5. The van der Waals surface area contributed by atoms with Gasteiger partial charge in [-0.25, -0.2) is 9.97 Å². The fourth-order valence-electron chi connectivity index (χ4n) is 3.95. The molecule has 8 nitrogen and oxygen atoms in total. The van der Waals surface area contributed by atoms with E-state index in [2.05, 4.69) is 4.98 Å². The van der Waals surface area contributed by atoms with Crippen molar-refractivity contribution in [3.63, 3.8) is 0 Å². The lowest BCUT2D eigenvalue weighted by molar-refractivity contribution is -0.119. The Morgan fingerprint density at radius 2 is 1.79 bits per heavy atom. The van der Waals surface area contributed by atoms with E-state index in [-0.39, 0.29) is 24.9 Å². The summed E-state index contributed by atoms with van der Waals surface area (Å²) in [5, 5.41) is 0.562. The third-order valence-electron chi connectivity index (χ3n) is 5.67. The number of fused-ring (bicyclic) bond motifs is 2. The number of para-hydroxylation sites is 1. The van der Waals surface area contributed by atoms with Crippen molar-refractivity contribution in [3.8, 4) is 0 Å². The van der Waals surface area contributed by atoms with Crippen molar-refractivity contribution in [2.24, 2.45) is 0 Å². The zero-order valence-electron chi connectivity index (χ0n) is 18.4. The molecule has 174 valence electrons. The topological polar surface area (TPSA) is 88.4 Å². The molecule has 0 radical (unpaired) electrons. The summed E-state index contributed by atoms with van der Waals surface area (Å²) in [6.07, 6.45) is 5.97. The van der Waals surface area contributed by atoms with E-state index in [4.69, 9.17) is 4.98 Å². The highest BCUT2D eigenvalue weighted by Gasteiger charge is 2.37. The van der Waals surface area contributed by atoms with Gasteiger partial charge in [0, 0.05) is 25.5 Å². The van der Waals surface area contributed by atoms with Crippen LogP contribution in [0.3, 0.4) is 0 Å². The molecule has 10 heteroatoms. The monoisotopic (exact) mass is 495 g/mol. The molecule has 0 N–H and O–H groups in total. The molecular weight excluding hydrogens is 474 g/mol. The Balaban J connectivity index is 0.00000274. The van der Waals surface area contributed by atoms with Crippen LogP contribution in [0.2, 0.25) is 0 Å². The van der Waals surface area contributed by atoms with Gasteiger partial charge in [0.05, 0.1) is 27.7 Å². The summed E-state index contributed by atoms with van der Waals surface area (Å²) in [6.45, 7) is 2.74. The van der Waals surface area contributed by atoms with Crippen molar-refractivity contribution in [3.05, 3.63) is 77.9 Å². The second kappa shape index (κ2) is 9.74. The first-order valence-corrected chi connectivity index (χ1v) is 11.4. The Morgan fingerprint density at radius 1 is 1.06 bits per heavy atom. The van der Waals surface area contributed by atoms with Crippen LogP contribution in [-0.4, -0.2) is 50.2 Å². The van der Waals surface area contributed by atoms with Crippen molar-refractivity contribution >= 4 is 56.8 Å². The van der Waals surface area contributed by atoms with Crippen molar-refractivity contribution in [2.75, 3.05) is 18.0 Å². The van der Waals surface area contributed by atoms with Gasteiger partial charge in [0.2, 0.25) is 5.91 Å². The minimum Gasteiger partial charge on any atom is -0.337 e. The van der Waals surface area contributed by atoms with Crippen LogP contribution < -0.4 is 4.90 Å². The van der Waals surface area contributed by atoms with E-state index < -0.39 is 11.8 Å². The number of imide groups is 1. The molecule has 34 heavy (non-hydrogen) atoms. The largest absolute Gasteiger partial charge is 0.337 e. The van der Waals surface area contributed by atoms with Gasteiger partial charge in [-0.15, -0.1) is 12.4 Å². The molecule has 0 aliphatic carbocycles. The standard InChI is InChI=1S/C24H21N5O3S.ClH/c1-16-6-4-9-19-21(16)26-24(33-19)28(12-5-11-27-13-10-25-15-27)20(30)14-29-22(31)17-7-2-3-8-18(17)23(29)32;/h2-4,6-10,13,15H,5,11-12,14H2,1H3;1H. The highest BCUT2D eigenvalue weighted by molar-refractivity contribution is 7.22. The second-order valence-corrected chi connectivity index (χ2v) is 8.87. The number of imidazole rings is 1. The Labute approximate surface area is 206 Å². The van der Waals surface area contributed by atoms with Crippen LogP contribution in [0.1, 0.15) is 32.7 Å². The molecule has 3 amide bonds. The molecule has 2 aromatic carbocycles. The van der Waals surface area contributed by atoms with Crippen molar-refractivity contribution < 1.29 is 14.4 Å². The number of rotatable bonds is 7. The van der Waals surface area contributed by atoms with Gasteiger partial charge in [-0.1, -0.05) is 35.6 Å². The first-order chi connectivity index (χ1) is 16.0. The third-order valence-corrected chi connectivity index (χ3v) is 6.71. The molecule has 0 bridgehead atoms. The first kappa shape index (κ1) is 23.6. The number of thiazole rings is 1. The van der Waals surface area contributed by atoms with Crippen LogP contribution in [0.4, 0.5) is 5.13 Å². The predicted molar refractivity (Wildman–Crippen MR) is 133 cm³/mol. The van der Waals surface area contributed by atoms with Crippen LogP contribution in [0.25, 0.3) is 10.2 Å². The Kier molecular flexibility index (Phi) is 6.76. The van der Waals surface area contributed by atoms with Crippen LogP contribution in [-0.2, 0) is 11.3 Å². The molecule has 0 atom stereocenters. The van der Waals surface area contributed by atoms with E-state index >= 15 is 0 Å². The average molecular weight is 496 g/mol. The first-order valence-electron chi connectivity index (χ1n) is 10.6. The van der Waals surface area contributed by atoms with Crippen molar-refractivity contribution in [1.29, 1.82) is 0 Å². The molecular formula is C24H22ClN5O3S. The molecule has 0 saturated heterocycles. The van der Waals surface area contributed by atoms with E-state index in [1.165, 1.54) is 11.3 Å². The van der Waals surface area contributed by atoms with Crippen molar-refractivity contribution in [2.45, 2.75) is 19.9 Å². The van der Waals surface area contributed by atoms with Crippen LogP contribution in [0.15, 0.2) is 61.2 Å². The maximum Gasteiger partial charge on any atom is 0.262 e. The highest BCUT2D eigenvalue weighted by Crippen LogP contribution is 2.31. The van der Waals surface area contributed by atoms with E-state index in [0.717, 1.165) is 20.7 Å². The number of hydrogen-bond donors (Lipinski definition) is 0. The number of aryl methyl sites for hydroxylation is 2. The summed E-state index contributed by atoms with van der Waals surface area (Å²) in [6, 6.07) is 12.6. The predicted octanol–water partition coefficient (Wildman–Crippen LogP) is 3.94. The fraction of sp³-hybridized carbons (Fsp3) is 0.208. The zero-order chi connectivity index (χ0) is 22.9. The van der Waals surface area contributed by atoms with Gasteiger partial charge in [-0.3, -0.25) is 24.2 Å². The van der Waals surface area contributed by atoms with Crippen LogP contribution >= 0.6 is 23.7 Å². The SMILES string of the molecule is Cc1cccc2sc(N(CCCn3ccnc3)C(=O)CN3C(=O)c4ccccc4C3=O)nc12.Cl. The number of benzene rings is 2. The number of halogens is 1. The molecule has 0 fully saturated rings. The second-order valence-electron chi connectivity index (χ2n) is 7.86. The molecule has 3 heterocycles. The number of carbonyl (C=O) groups excluding carboxylic acids is 3. The normalized spacial score (nSPS) is 12.7. The summed E-state index contributed by atoms with van der Waals surface area (Å²) >= 11 is 1.43. The molecule has 1 aliphatic heterocycles. The number of carbonyl (C=O) groups is 3. The molecule has 2 aromatic heterocycles. The summed E-state index contributed by atoms with van der Waals surface area (Å²) in [5.74, 6) is -1.23. The molecule has 0 unspecified atom stereocenters. The molecule has 0 spiro atoms. The maximum absolute atomic E-state index is 13.4. The Hall–Kier alpha value is -3.56. The molecule has 1 aliphatic rings. The quantitative estimate of drug-likeness (QED) is 0.362. The van der Waals surface area contributed by atoms with E-state index in [0.29, 0.717) is 35.8 Å². The lowest BCUT2D eigenvalue weighted by Crippen LogP contribution is -2.43. The van der Waals surface area contributed by atoms with Gasteiger partial charge in [-0.2, -0.15) is 0 Å². The van der Waals surface area contributed by atoms with Crippen molar-refractivity contribution in [1.82, 2.24) is 19.4 Å². The van der Waals surface area contributed by atoms with Crippen LogP contribution in [0, 0.1) is 6.92 Å².